The van der Waals surface area contributed by atoms with E-state index in [0.29, 0.717) is 12.3 Å². The summed E-state index contributed by atoms with van der Waals surface area (Å²) in [5.74, 6) is 0.272. The molecule has 1 aliphatic carbocycles. The van der Waals surface area contributed by atoms with Crippen LogP contribution in [0.5, 0.6) is 0 Å². The normalized spacial score (nSPS) is 21.0. The number of carbonyl (C=O) groups excluding carboxylic acids is 1. The summed E-state index contributed by atoms with van der Waals surface area (Å²) in [7, 11) is 0. The first kappa shape index (κ1) is 18.8. The Balaban J connectivity index is 0.00000220. The van der Waals surface area contributed by atoms with E-state index in [1.54, 1.807) is 0 Å². The van der Waals surface area contributed by atoms with Crippen LogP contribution in [0.1, 0.15) is 44.9 Å². The van der Waals surface area contributed by atoms with Gasteiger partial charge in [-0.05, 0) is 36.1 Å². The molecule has 1 aromatic rings. The molecular weight excluding hydrogens is 479 g/mol. The maximum absolute atomic E-state index is 11.3. The smallest absolute Gasteiger partial charge is 0.217 e. The van der Waals surface area contributed by atoms with E-state index in [0.717, 1.165) is 22.5 Å². The van der Waals surface area contributed by atoms with E-state index in [2.05, 4.69) is 24.2 Å². The molecule has 2 N–H and O–H groups in total. The molecule has 2 unspecified atom stereocenters. The Kier molecular flexibility index (Phi) is 7.03. The van der Waals surface area contributed by atoms with E-state index in [4.69, 9.17) is 0 Å². The van der Waals surface area contributed by atoms with Gasteiger partial charge < -0.3 is 10.4 Å². The molecule has 1 radical (unpaired) electrons. The molecule has 2 rings (SSSR count). The molecule has 0 heterocycles. The summed E-state index contributed by atoms with van der Waals surface area (Å²) in [4.78, 5) is 15.9. The summed E-state index contributed by atoms with van der Waals surface area (Å²) in [6.45, 7) is 7.69. The number of aliphatic hydroxyl groups is 1. The summed E-state index contributed by atoms with van der Waals surface area (Å²) in [6.07, 6.45) is 0.0206. The molecule has 1 amide bonds. The van der Waals surface area contributed by atoms with Crippen molar-refractivity contribution in [3.63, 3.8) is 0 Å². The Hall–Kier alpha value is -0.238. The summed E-state index contributed by atoms with van der Waals surface area (Å²) in [5.41, 5.74) is 4.00. The molecule has 0 aliphatic heterocycles. The Labute approximate surface area is 162 Å². The number of nitrogens with one attached hydrogen (secondary N) is 1. The molecule has 0 saturated heterocycles. The Morgan fingerprint density at radius 1 is 1.38 bits per heavy atom. The third-order valence-corrected chi connectivity index (χ3v) is 3.78. The van der Waals surface area contributed by atoms with Crippen LogP contribution in [-0.2, 0) is 11.2 Å². The third kappa shape index (κ3) is 4.61. The minimum Gasteiger partial charge on any atom is -0.390 e. The predicted octanol–water partition coefficient (Wildman–Crippen LogP) is 2.53. The average molecular weight is 501 g/mol. The van der Waals surface area contributed by atoms with Gasteiger partial charge in [0.05, 0.1) is 17.8 Å². The zero-order chi connectivity index (χ0) is 14.9. The summed E-state index contributed by atoms with van der Waals surface area (Å²) in [5, 5.41) is 12.9. The quantitative estimate of drug-likeness (QED) is 0.626. The van der Waals surface area contributed by atoms with E-state index in [1.807, 2.05) is 25.1 Å². The maximum atomic E-state index is 11.3. The summed E-state index contributed by atoms with van der Waals surface area (Å²) >= 11 is 0. The number of aliphatic imine (C=N–C) groups is 1. The van der Waals surface area contributed by atoms with Crippen LogP contribution in [0.4, 0.5) is 5.69 Å². The van der Waals surface area contributed by atoms with Crippen LogP contribution >= 0.6 is 0 Å². The molecule has 1 aromatic carbocycles. The van der Waals surface area contributed by atoms with Gasteiger partial charge in [0.25, 0.3) is 0 Å². The Morgan fingerprint density at radius 2 is 2.05 bits per heavy atom. The third-order valence-electron chi connectivity index (χ3n) is 3.78. The summed E-state index contributed by atoms with van der Waals surface area (Å²) in [6, 6.07) is 5.61. The number of hydrogen-bond donors (Lipinski definition) is 2. The molecule has 1 aliphatic rings. The van der Waals surface area contributed by atoms with Crippen molar-refractivity contribution in [2.24, 2.45) is 10.9 Å². The number of aliphatic hydroxyl groups excluding tert-OH is 1. The van der Waals surface area contributed by atoms with E-state index in [9.17, 15) is 9.90 Å². The number of benzene rings is 1. The molecule has 0 aromatic heterocycles. The van der Waals surface area contributed by atoms with Crippen molar-refractivity contribution < 1.29 is 54.0 Å². The molecule has 21 heavy (non-hydrogen) atoms. The molecular formula is C16H22AcN2O2. The van der Waals surface area contributed by atoms with Gasteiger partial charge in [0.15, 0.2) is 0 Å². The fourth-order valence-corrected chi connectivity index (χ4v) is 2.40. The fourth-order valence-electron chi connectivity index (χ4n) is 2.40. The Morgan fingerprint density at radius 3 is 2.62 bits per heavy atom. The SMILES string of the molecule is CC(=O)NC1c2cc(N=C(C)C(C)C)ccc2CC1O.[Ac]. The van der Waals surface area contributed by atoms with Gasteiger partial charge in [-0.1, -0.05) is 19.9 Å². The van der Waals surface area contributed by atoms with Crippen LogP contribution < -0.4 is 5.32 Å². The fraction of sp³-hybridized carbons (Fsp3) is 0.500. The van der Waals surface area contributed by atoms with Gasteiger partial charge in [0.2, 0.25) is 5.91 Å². The molecule has 111 valence electrons. The number of fused-ring (bicyclic) bond motifs is 1. The van der Waals surface area contributed by atoms with Crippen LogP contribution in [0.2, 0.25) is 0 Å². The largest absolute Gasteiger partial charge is 0.390 e. The number of rotatable bonds is 3. The minimum absolute atomic E-state index is 0. The first-order valence-electron chi connectivity index (χ1n) is 7.01. The van der Waals surface area contributed by atoms with Crippen molar-refractivity contribution in [2.75, 3.05) is 0 Å². The van der Waals surface area contributed by atoms with Crippen molar-refractivity contribution in [1.82, 2.24) is 5.32 Å². The zero-order valence-electron chi connectivity index (χ0n) is 13.1. The van der Waals surface area contributed by atoms with Crippen molar-refractivity contribution in [3.05, 3.63) is 29.3 Å². The van der Waals surface area contributed by atoms with Crippen molar-refractivity contribution >= 4 is 17.3 Å². The molecule has 2 atom stereocenters. The van der Waals surface area contributed by atoms with Crippen LogP contribution in [0.15, 0.2) is 23.2 Å². The summed E-state index contributed by atoms with van der Waals surface area (Å²) < 4.78 is 0. The van der Waals surface area contributed by atoms with E-state index in [1.165, 1.54) is 6.92 Å². The second-order valence-corrected chi connectivity index (χ2v) is 5.74. The van der Waals surface area contributed by atoms with E-state index in [-0.39, 0.29) is 56.0 Å². The zero-order valence-corrected chi connectivity index (χ0v) is 17.8. The average Bonchev–Trinajstić information content (AvgIpc) is 2.65. The number of hydrogen-bond acceptors (Lipinski definition) is 3. The second-order valence-electron chi connectivity index (χ2n) is 5.74. The standard InChI is InChI=1S/C16H22N2O2.Ac/c1-9(2)10(3)17-13-6-5-12-7-15(20)16(14(12)8-13)18-11(4)19;/h5-6,8-9,15-16,20H,7H2,1-4H3,(H,18,19);. The molecule has 0 saturated carbocycles. The van der Waals surface area contributed by atoms with E-state index >= 15 is 0 Å². The first-order valence-corrected chi connectivity index (χ1v) is 7.01. The molecule has 5 heteroatoms. The van der Waals surface area contributed by atoms with Crippen molar-refractivity contribution in [3.8, 4) is 0 Å². The van der Waals surface area contributed by atoms with Crippen LogP contribution in [0.3, 0.4) is 0 Å². The topological polar surface area (TPSA) is 61.7 Å². The van der Waals surface area contributed by atoms with Gasteiger partial charge in [-0.15, -0.1) is 0 Å². The van der Waals surface area contributed by atoms with Crippen LogP contribution in [0, 0.1) is 50.0 Å². The van der Waals surface area contributed by atoms with Gasteiger partial charge in [-0.25, -0.2) is 0 Å². The maximum Gasteiger partial charge on any atom is 0.217 e. The first-order chi connectivity index (χ1) is 9.38. The Bertz CT molecular complexity index is 555. The van der Waals surface area contributed by atoms with Crippen molar-refractivity contribution in [1.29, 1.82) is 0 Å². The van der Waals surface area contributed by atoms with Crippen LogP contribution in [0.25, 0.3) is 0 Å². The number of amides is 1. The number of carbonyl (C=O) groups is 1. The number of nitrogens with zero attached hydrogens (tertiary/aromatic N) is 1. The van der Waals surface area contributed by atoms with E-state index < -0.39 is 6.10 Å². The molecule has 0 spiro atoms. The predicted molar refractivity (Wildman–Crippen MR) is 80.3 cm³/mol. The molecule has 0 bridgehead atoms. The van der Waals surface area contributed by atoms with Gasteiger partial charge in [0, 0.05) is 63.1 Å². The van der Waals surface area contributed by atoms with Gasteiger partial charge in [0.1, 0.15) is 0 Å². The minimum atomic E-state index is -0.556. The monoisotopic (exact) mass is 501 g/mol. The second kappa shape index (κ2) is 7.85. The van der Waals surface area contributed by atoms with Crippen molar-refractivity contribution in [2.45, 2.75) is 46.3 Å². The van der Waals surface area contributed by atoms with Gasteiger partial charge in [-0.3, -0.25) is 9.79 Å². The van der Waals surface area contributed by atoms with Gasteiger partial charge >= 0.3 is 0 Å². The van der Waals surface area contributed by atoms with Crippen LogP contribution in [-0.4, -0.2) is 22.8 Å². The molecule has 4 nitrogen and oxygen atoms in total. The molecule has 0 fully saturated rings. The van der Waals surface area contributed by atoms with Gasteiger partial charge in [-0.2, -0.15) is 0 Å².